The molecule has 1 aromatic carbocycles. The Bertz CT molecular complexity index is 449. The Labute approximate surface area is 127 Å². The summed E-state index contributed by atoms with van der Waals surface area (Å²) in [6, 6.07) is 11.1. The molecule has 1 aliphatic rings. The quantitative estimate of drug-likeness (QED) is 0.873. The Morgan fingerprint density at radius 2 is 2.10 bits per heavy atom. The molecule has 1 aromatic rings. The van der Waals surface area contributed by atoms with E-state index in [1.165, 1.54) is 5.56 Å². The normalized spacial score (nSPS) is 23.4. The van der Waals surface area contributed by atoms with Crippen LogP contribution in [0.3, 0.4) is 0 Å². The molecule has 2 rings (SSSR count). The van der Waals surface area contributed by atoms with E-state index in [1.807, 2.05) is 0 Å². The molecule has 0 aliphatic carbocycles. The highest BCUT2D eigenvalue weighted by Gasteiger charge is 2.28. The van der Waals surface area contributed by atoms with Gasteiger partial charge in [-0.1, -0.05) is 37.3 Å². The lowest BCUT2D eigenvalue weighted by Crippen LogP contribution is -2.49. The maximum absolute atomic E-state index is 10.7. The number of nitrogens with zero attached hydrogens (tertiary/aromatic N) is 2. The summed E-state index contributed by atoms with van der Waals surface area (Å²) in [6.07, 6.45) is 1.34. The van der Waals surface area contributed by atoms with Gasteiger partial charge in [-0.25, -0.2) is 0 Å². The first-order valence-electron chi connectivity index (χ1n) is 7.74. The van der Waals surface area contributed by atoms with Crippen molar-refractivity contribution in [3.63, 3.8) is 0 Å². The van der Waals surface area contributed by atoms with Gasteiger partial charge in [0.2, 0.25) is 0 Å². The number of hydrogen-bond donors (Lipinski definition) is 1. The van der Waals surface area contributed by atoms with Crippen LogP contribution in [-0.2, 0) is 11.3 Å². The molecular formula is C17H26N2O2. The Morgan fingerprint density at radius 1 is 1.38 bits per heavy atom. The monoisotopic (exact) mass is 290 g/mol. The smallest absolute Gasteiger partial charge is 0.304 e. The van der Waals surface area contributed by atoms with E-state index < -0.39 is 5.97 Å². The van der Waals surface area contributed by atoms with Gasteiger partial charge in [0.25, 0.3) is 0 Å². The van der Waals surface area contributed by atoms with Crippen LogP contribution in [0.2, 0.25) is 0 Å². The molecule has 1 N–H and O–H groups in total. The summed E-state index contributed by atoms with van der Waals surface area (Å²) in [5.41, 5.74) is 1.36. The molecule has 1 aliphatic heterocycles. The zero-order valence-corrected chi connectivity index (χ0v) is 13.0. The number of piperidine rings is 1. The average Bonchev–Trinajstić information content (AvgIpc) is 2.46. The van der Waals surface area contributed by atoms with Crippen LogP contribution in [0, 0.1) is 5.92 Å². The van der Waals surface area contributed by atoms with Crippen LogP contribution in [-0.4, -0.2) is 53.6 Å². The highest BCUT2D eigenvalue weighted by molar-refractivity contribution is 5.66. The number of carboxylic acid groups (broad SMARTS) is 1. The summed E-state index contributed by atoms with van der Waals surface area (Å²) < 4.78 is 0. The topological polar surface area (TPSA) is 43.8 Å². The van der Waals surface area contributed by atoms with E-state index in [9.17, 15) is 4.79 Å². The molecule has 0 spiro atoms. The molecule has 116 valence electrons. The van der Waals surface area contributed by atoms with Gasteiger partial charge in [0.05, 0.1) is 6.42 Å². The largest absolute Gasteiger partial charge is 0.481 e. The van der Waals surface area contributed by atoms with Gasteiger partial charge < -0.3 is 10.0 Å². The number of rotatable bonds is 6. The minimum Gasteiger partial charge on any atom is -0.481 e. The number of carbonyl (C=O) groups is 1. The molecule has 0 amide bonds. The Kier molecular flexibility index (Phi) is 5.76. The highest BCUT2D eigenvalue weighted by atomic mass is 16.4. The van der Waals surface area contributed by atoms with E-state index in [0.717, 1.165) is 26.1 Å². The first kappa shape index (κ1) is 16.0. The van der Waals surface area contributed by atoms with Crippen LogP contribution in [0.25, 0.3) is 0 Å². The molecule has 4 nitrogen and oxygen atoms in total. The van der Waals surface area contributed by atoms with Crippen molar-refractivity contribution in [3.05, 3.63) is 35.9 Å². The third-order valence-corrected chi connectivity index (χ3v) is 4.44. The fourth-order valence-corrected chi connectivity index (χ4v) is 3.30. The molecule has 0 saturated carbocycles. The zero-order chi connectivity index (χ0) is 15.2. The average molecular weight is 290 g/mol. The maximum atomic E-state index is 10.7. The van der Waals surface area contributed by atoms with Crippen LogP contribution in [0.15, 0.2) is 30.3 Å². The van der Waals surface area contributed by atoms with Gasteiger partial charge in [0.1, 0.15) is 0 Å². The fourth-order valence-electron chi connectivity index (χ4n) is 3.30. The minimum atomic E-state index is -0.712. The Hall–Kier alpha value is -1.39. The third kappa shape index (κ3) is 4.83. The van der Waals surface area contributed by atoms with E-state index in [0.29, 0.717) is 18.5 Å². The van der Waals surface area contributed by atoms with Crippen molar-refractivity contribution < 1.29 is 9.90 Å². The molecule has 0 radical (unpaired) electrons. The van der Waals surface area contributed by atoms with Crippen molar-refractivity contribution >= 4 is 5.97 Å². The molecular weight excluding hydrogens is 264 g/mol. The minimum absolute atomic E-state index is 0.230. The van der Waals surface area contributed by atoms with Crippen LogP contribution >= 0.6 is 0 Å². The molecule has 1 fully saturated rings. The van der Waals surface area contributed by atoms with Crippen molar-refractivity contribution in [1.29, 1.82) is 0 Å². The Balaban J connectivity index is 1.82. The summed E-state index contributed by atoms with van der Waals surface area (Å²) >= 11 is 0. The van der Waals surface area contributed by atoms with Crippen molar-refractivity contribution in [2.75, 3.05) is 26.7 Å². The van der Waals surface area contributed by atoms with Crippen molar-refractivity contribution in [2.45, 2.75) is 32.4 Å². The number of aliphatic carboxylic acids is 1. The van der Waals surface area contributed by atoms with E-state index in [2.05, 4.69) is 54.1 Å². The van der Waals surface area contributed by atoms with E-state index in [1.54, 1.807) is 0 Å². The van der Waals surface area contributed by atoms with Gasteiger partial charge in [-0.05, 0) is 31.5 Å². The van der Waals surface area contributed by atoms with Crippen LogP contribution in [0.5, 0.6) is 0 Å². The molecule has 2 atom stereocenters. The fraction of sp³-hybridized carbons (Fsp3) is 0.588. The Morgan fingerprint density at radius 3 is 2.71 bits per heavy atom. The molecule has 1 heterocycles. The number of likely N-dealkylation sites (tertiary alicyclic amines) is 1. The summed E-state index contributed by atoms with van der Waals surface area (Å²) in [7, 11) is 2.05. The summed E-state index contributed by atoms with van der Waals surface area (Å²) in [5.74, 6) is -0.141. The molecule has 1 saturated heterocycles. The number of hydrogen-bond acceptors (Lipinski definition) is 3. The van der Waals surface area contributed by atoms with Gasteiger partial charge in [-0.3, -0.25) is 9.69 Å². The van der Waals surface area contributed by atoms with Gasteiger partial charge in [-0.2, -0.15) is 0 Å². The number of benzene rings is 1. The summed E-state index contributed by atoms with van der Waals surface area (Å²) in [5, 5.41) is 8.80. The van der Waals surface area contributed by atoms with Crippen LogP contribution < -0.4 is 0 Å². The second-order valence-corrected chi connectivity index (χ2v) is 6.18. The van der Waals surface area contributed by atoms with Crippen molar-refractivity contribution in [2.24, 2.45) is 5.92 Å². The predicted molar refractivity (Wildman–Crippen MR) is 84.2 cm³/mol. The van der Waals surface area contributed by atoms with Gasteiger partial charge in [0.15, 0.2) is 0 Å². The molecule has 4 heteroatoms. The molecule has 2 unspecified atom stereocenters. The first-order valence-corrected chi connectivity index (χ1v) is 7.74. The highest BCUT2D eigenvalue weighted by Crippen LogP contribution is 2.22. The second kappa shape index (κ2) is 7.57. The SMILES string of the molecule is CC1CN(Cc2ccccc2)CCC1N(C)CCC(=O)O. The third-order valence-electron chi connectivity index (χ3n) is 4.44. The number of carboxylic acids is 1. The molecule has 0 bridgehead atoms. The lowest BCUT2D eigenvalue weighted by atomic mass is 9.92. The maximum Gasteiger partial charge on any atom is 0.304 e. The van der Waals surface area contributed by atoms with Crippen LogP contribution in [0.1, 0.15) is 25.3 Å². The lowest BCUT2D eigenvalue weighted by Gasteiger charge is -2.41. The van der Waals surface area contributed by atoms with Crippen molar-refractivity contribution in [1.82, 2.24) is 9.80 Å². The van der Waals surface area contributed by atoms with Crippen LogP contribution in [0.4, 0.5) is 0 Å². The van der Waals surface area contributed by atoms with Crippen molar-refractivity contribution in [3.8, 4) is 0 Å². The van der Waals surface area contributed by atoms with E-state index >= 15 is 0 Å². The molecule has 21 heavy (non-hydrogen) atoms. The first-order chi connectivity index (χ1) is 10.1. The summed E-state index contributed by atoms with van der Waals surface area (Å²) in [4.78, 5) is 15.4. The predicted octanol–water partition coefficient (Wildman–Crippen LogP) is 2.30. The van der Waals surface area contributed by atoms with E-state index in [-0.39, 0.29) is 6.42 Å². The molecule has 0 aromatic heterocycles. The lowest BCUT2D eigenvalue weighted by molar-refractivity contribution is -0.137. The second-order valence-electron chi connectivity index (χ2n) is 6.18. The van der Waals surface area contributed by atoms with Gasteiger partial charge in [0, 0.05) is 25.7 Å². The summed E-state index contributed by atoms with van der Waals surface area (Å²) in [6.45, 7) is 6.09. The standard InChI is InChI=1S/C17H26N2O2/c1-14-12-19(13-15-6-4-3-5-7-15)11-8-16(14)18(2)10-9-17(20)21/h3-7,14,16H,8-13H2,1-2H3,(H,20,21). The van der Waals surface area contributed by atoms with Gasteiger partial charge in [-0.15, -0.1) is 0 Å². The van der Waals surface area contributed by atoms with Gasteiger partial charge >= 0.3 is 5.97 Å². The zero-order valence-electron chi connectivity index (χ0n) is 13.0. The van der Waals surface area contributed by atoms with E-state index in [4.69, 9.17) is 5.11 Å².